The van der Waals surface area contributed by atoms with Gasteiger partial charge in [0, 0.05) is 12.2 Å². The highest BCUT2D eigenvalue weighted by Gasteiger charge is 2.65. The van der Waals surface area contributed by atoms with Gasteiger partial charge in [-0.1, -0.05) is 24.3 Å². The average molecular weight is 230 g/mol. The minimum absolute atomic E-state index is 0.0155. The van der Waals surface area contributed by atoms with Crippen LogP contribution in [0.3, 0.4) is 0 Å². The lowest BCUT2D eigenvalue weighted by atomic mass is 10.0. The van der Waals surface area contributed by atoms with Crippen molar-refractivity contribution in [3.8, 4) is 0 Å². The Labute approximate surface area is 89.6 Å². The van der Waals surface area contributed by atoms with E-state index in [1.165, 1.54) is 12.1 Å². The maximum atomic E-state index is 12.6. The quantitative estimate of drug-likeness (QED) is 0.851. The third kappa shape index (κ3) is 1.69. The van der Waals surface area contributed by atoms with Gasteiger partial charge in [0.1, 0.15) is 0 Å². The molecule has 2 rings (SSSR count). The summed E-state index contributed by atoms with van der Waals surface area (Å²) in [6.45, 7) is -0.0293. The molecule has 1 aromatic rings. The summed E-state index contributed by atoms with van der Waals surface area (Å²) in [5.74, 6) is 0. The topological polar surface area (TPSA) is 45.0 Å². The predicted octanol–water partition coefficient (Wildman–Crippen LogP) is 2.40. The molecule has 1 aliphatic rings. The third-order valence-corrected chi connectivity index (χ3v) is 2.45. The van der Waals surface area contributed by atoms with Gasteiger partial charge in [0.25, 0.3) is 0 Å². The molecule has 0 saturated carbocycles. The number of aliphatic hydroxyl groups excluding tert-OH is 1. The van der Waals surface area contributed by atoms with Gasteiger partial charge in [-0.15, -0.1) is 10.2 Å². The Kier molecular flexibility index (Phi) is 2.46. The lowest BCUT2D eigenvalue weighted by Gasteiger charge is -2.14. The zero-order valence-corrected chi connectivity index (χ0v) is 8.20. The standard InChI is InChI=1S/C10H9F3N2O/c11-10(12,13)9(14-15-9)8-3-1-7(2-4-8)5-6-16/h1-4,16H,5-6H2. The summed E-state index contributed by atoms with van der Waals surface area (Å²) in [5.41, 5.74) is -1.55. The van der Waals surface area contributed by atoms with Crippen molar-refractivity contribution in [2.75, 3.05) is 6.61 Å². The highest BCUT2D eigenvalue weighted by Crippen LogP contribution is 2.52. The first kappa shape index (κ1) is 11.1. The number of halogens is 3. The molecule has 0 spiro atoms. The third-order valence-electron chi connectivity index (χ3n) is 2.45. The van der Waals surface area contributed by atoms with Crippen LogP contribution in [0, 0.1) is 0 Å². The molecule has 0 aromatic heterocycles. The van der Waals surface area contributed by atoms with E-state index in [0.717, 1.165) is 5.56 Å². The Morgan fingerprint density at radius 2 is 1.69 bits per heavy atom. The molecular formula is C10H9F3N2O. The molecule has 0 atom stereocenters. The Hall–Kier alpha value is -1.43. The number of hydrogen-bond acceptors (Lipinski definition) is 3. The summed E-state index contributed by atoms with van der Waals surface area (Å²) in [6.07, 6.45) is -4.06. The molecule has 3 nitrogen and oxygen atoms in total. The lowest BCUT2D eigenvalue weighted by Crippen LogP contribution is -2.30. The summed E-state index contributed by atoms with van der Waals surface area (Å²) in [4.78, 5) is 0. The van der Waals surface area contributed by atoms with Gasteiger partial charge in [-0.2, -0.15) is 13.2 Å². The molecule has 0 amide bonds. The first-order chi connectivity index (χ1) is 7.49. The Bertz CT molecular complexity index is 405. The second-order valence-electron chi connectivity index (χ2n) is 3.54. The van der Waals surface area contributed by atoms with Crippen LogP contribution >= 0.6 is 0 Å². The van der Waals surface area contributed by atoms with E-state index in [-0.39, 0.29) is 12.2 Å². The highest BCUT2D eigenvalue weighted by atomic mass is 19.4. The van der Waals surface area contributed by atoms with Crippen LogP contribution in [0.4, 0.5) is 13.2 Å². The van der Waals surface area contributed by atoms with E-state index in [9.17, 15) is 13.2 Å². The van der Waals surface area contributed by atoms with Crippen molar-refractivity contribution in [2.45, 2.75) is 18.3 Å². The van der Waals surface area contributed by atoms with Crippen molar-refractivity contribution in [1.29, 1.82) is 0 Å². The monoisotopic (exact) mass is 230 g/mol. The Morgan fingerprint density at radius 1 is 1.12 bits per heavy atom. The van der Waals surface area contributed by atoms with Crippen molar-refractivity contribution in [3.63, 3.8) is 0 Å². The number of rotatable bonds is 3. The molecule has 0 radical (unpaired) electrons. The summed E-state index contributed by atoms with van der Waals surface area (Å²) < 4.78 is 37.8. The summed E-state index contributed by atoms with van der Waals surface area (Å²) in [5, 5.41) is 14.9. The van der Waals surface area contributed by atoms with Gasteiger partial charge in [0.05, 0.1) is 0 Å². The highest BCUT2D eigenvalue weighted by molar-refractivity contribution is 5.32. The molecule has 1 N–H and O–H groups in total. The van der Waals surface area contributed by atoms with Crippen LogP contribution < -0.4 is 0 Å². The molecule has 1 heterocycles. The predicted molar refractivity (Wildman–Crippen MR) is 49.8 cm³/mol. The molecule has 16 heavy (non-hydrogen) atoms. The maximum Gasteiger partial charge on any atom is 0.442 e. The van der Waals surface area contributed by atoms with Crippen LogP contribution in [-0.4, -0.2) is 17.9 Å². The van der Waals surface area contributed by atoms with E-state index in [2.05, 4.69) is 10.2 Å². The second kappa shape index (κ2) is 3.55. The van der Waals surface area contributed by atoms with Gasteiger partial charge in [0.2, 0.25) is 0 Å². The fraction of sp³-hybridized carbons (Fsp3) is 0.400. The van der Waals surface area contributed by atoms with E-state index in [1.54, 1.807) is 12.1 Å². The van der Waals surface area contributed by atoms with Crippen LogP contribution in [0.1, 0.15) is 11.1 Å². The first-order valence-electron chi connectivity index (χ1n) is 4.71. The fourth-order valence-corrected chi connectivity index (χ4v) is 1.48. The minimum Gasteiger partial charge on any atom is -0.396 e. The van der Waals surface area contributed by atoms with Crippen molar-refractivity contribution < 1.29 is 18.3 Å². The van der Waals surface area contributed by atoms with Gasteiger partial charge in [-0.25, -0.2) is 0 Å². The van der Waals surface area contributed by atoms with Gasteiger partial charge in [-0.3, -0.25) is 0 Å². The molecule has 1 aromatic carbocycles. The molecule has 0 unspecified atom stereocenters. The van der Waals surface area contributed by atoms with Gasteiger partial charge >= 0.3 is 11.8 Å². The van der Waals surface area contributed by atoms with Crippen molar-refractivity contribution >= 4 is 0 Å². The number of hydrogen-bond donors (Lipinski definition) is 1. The maximum absolute atomic E-state index is 12.6. The van der Waals surface area contributed by atoms with Crippen molar-refractivity contribution in [2.24, 2.45) is 10.2 Å². The van der Waals surface area contributed by atoms with Crippen LogP contribution in [0.2, 0.25) is 0 Å². The molecule has 0 aliphatic carbocycles. The largest absolute Gasteiger partial charge is 0.442 e. The van der Waals surface area contributed by atoms with E-state index in [0.29, 0.717) is 6.42 Å². The summed E-state index contributed by atoms with van der Waals surface area (Å²) >= 11 is 0. The van der Waals surface area contributed by atoms with Gasteiger partial charge in [0.15, 0.2) is 0 Å². The fourth-order valence-electron chi connectivity index (χ4n) is 1.48. The molecule has 0 saturated heterocycles. The van der Waals surface area contributed by atoms with Gasteiger partial charge in [-0.05, 0) is 12.0 Å². The lowest BCUT2D eigenvalue weighted by molar-refractivity contribution is -0.166. The molecule has 1 aliphatic heterocycles. The normalized spacial score (nSPS) is 17.5. The molecule has 86 valence electrons. The zero-order valence-electron chi connectivity index (χ0n) is 8.20. The smallest absolute Gasteiger partial charge is 0.396 e. The van der Waals surface area contributed by atoms with Crippen LogP contribution in [0.25, 0.3) is 0 Å². The number of benzene rings is 1. The van der Waals surface area contributed by atoms with E-state index >= 15 is 0 Å². The van der Waals surface area contributed by atoms with Crippen molar-refractivity contribution in [3.05, 3.63) is 35.4 Å². The SMILES string of the molecule is OCCc1ccc(C2(C(F)(F)F)N=N2)cc1. The Balaban J connectivity index is 2.23. The first-order valence-corrected chi connectivity index (χ1v) is 4.71. The number of aliphatic hydroxyl groups is 1. The molecule has 0 fully saturated rings. The number of nitrogens with zero attached hydrogens (tertiary/aromatic N) is 2. The number of alkyl halides is 3. The van der Waals surface area contributed by atoms with Gasteiger partial charge < -0.3 is 5.11 Å². The average Bonchev–Trinajstić information content (AvgIpc) is 2.99. The van der Waals surface area contributed by atoms with E-state index in [1.807, 2.05) is 0 Å². The Morgan fingerprint density at radius 3 is 2.06 bits per heavy atom. The molecular weight excluding hydrogens is 221 g/mol. The summed E-state index contributed by atoms with van der Waals surface area (Å²) in [6, 6.07) is 5.78. The van der Waals surface area contributed by atoms with Crippen LogP contribution in [0.15, 0.2) is 34.5 Å². The minimum atomic E-state index is -4.48. The van der Waals surface area contributed by atoms with Crippen LogP contribution in [0.5, 0.6) is 0 Å². The van der Waals surface area contributed by atoms with Crippen molar-refractivity contribution in [1.82, 2.24) is 0 Å². The zero-order chi connectivity index (χ0) is 11.8. The van der Waals surface area contributed by atoms with Crippen LogP contribution in [-0.2, 0) is 12.1 Å². The molecule has 6 heteroatoms. The van der Waals surface area contributed by atoms with E-state index in [4.69, 9.17) is 5.11 Å². The second-order valence-corrected chi connectivity index (χ2v) is 3.54. The molecule has 0 bridgehead atoms. The summed E-state index contributed by atoms with van der Waals surface area (Å²) in [7, 11) is 0. The van der Waals surface area contributed by atoms with E-state index < -0.39 is 11.8 Å².